The molecule has 0 spiro atoms. The van der Waals surface area contributed by atoms with Gasteiger partial charge in [-0.15, -0.1) is 11.8 Å². The molecule has 1 heterocycles. The van der Waals surface area contributed by atoms with Gasteiger partial charge in [0.25, 0.3) is 10.2 Å². The lowest BCUT2D eigenvalue weighted by atomic mass is 10.0. The number of hydrogen-bond donors (Lipinski definition) is 1. The van der Waals surface area contributed by atoms with E-state index in [1.54, 1.807) is 11.8 Å². The number of nitrogens with one attached hydrogen (secondary N) is 1. The van der Waals surface area contributed by atoms with E-state index in [1.807, 2.05) is 30.3 Å². The van der Waals surface area contributed by atoms with Gasteiger partial charge in [-0.2, -0.15) is 12.7 Å². The minimum absolute atomic E-state index is 0.195. The van der Waals surface area contributed by atoms with Crippen molar-refractivity contribution in [1.82, 2.24) is 9.03 Å². The lowest BCUT2D eigenvalue weighted by molar-refractivity contribution is -0.149. The Kier molecular flexibility index (Phi) is 6.25. The largest absolute Gasteiger partial charge is 0.469 e. The first kappa shape index (κ1) is 17.3. The smallest absolute Gasteiger partial charge is 0.311 e. The van der Waals surface area contributed by atoms with E-state index in [4.69, 9.17) is 0 Å². The molecule has 1 fully saturated rings. The van der Waals surface area contributed by atoms with E-state index in [0.29, 0.717) is 6.54 Å². The summed E-state index contributed by atoms with van der Waals surface area (Å²) in [6, 6.07) is 9.98. The summed E-state index contributed by atoms with van der Waals surface area (Å²) < 4.78 is 32.3. The van der Waals surface area contributed by atoms with Crippen LogP contribution in [0.5, 0.6) is 0 Å². The molecule has 0 aromatic heterocycles. The second-order valence-electron chi connectivity index (χ2n) is 4.95. The third kappa shape index (κ3) is 4.70. The van der Waals surface area contributed by atoms with Crippen LogP contribution in [0.2, 0.25) is 0 Å². The maximum atomic E-state index is 12.0. The molecule has 0 unspecified atom stereocenters. The molecule has 0 saturated carbocycles. The number of thioether (sulfide) groups is 1. The number of methoxy groups -OCH3 is 1. The molecule has 1 aliphatic rings. The van der Waals surface area contributed by atoms with Crippen LogP contribution in [0.15, 0.2) is 35.2 Å². The van der Waals surface area contributed by atoms with E-state index in [-0.39, 0.29) is 25.0 Å². The van der Waals surface area contributed by atoms with Crippen LogP contribution in [-0.4, -0.2) is 51.2 Å². The summed E-state index contributed by atoms with van der Waals surface area (Å²) in [5, 5.41) is 0. The molecule has 8 heteroatoms. The average molecular weight is 344 g/mol. The summed E-state index contributed by atoms with van der Waals surface area (Å²) in [5.74, 6) is 0.151. The van der Waals surface area contributed by atoms with Crippen molar-refractivity contribution >= 4 is 27.9 Å². The molecule has 1 aromatic rings. The second-order valence-corrected chi connectivity index (χ2v) is 7.88. The molecule has 0 radical (unpaired) electrons. The summed E-state index contributed by atoms with van der Waals surface area (Å²) in [5.41, 5.74) is 0. The number of nitrogens with zero attached hydrogens (tertiary/aromatic N) is 1. The Morgan fingerprint density at radius 3 is 2.68 bits per heavy atom. The van der Waals surface area contributed by atoms with Crippen molar-refractivity contribution in [3.63, 3.8) is 0 Å². The molecule has 1 N–H and O–H groups in total. The Bertz CT molecular complexity index is 586. The van der Waals surface area contributed by atoms with Crippen molar-refractivity contribution in [3.05, 3.63) is 30.3 Å². The number of carbonyl (C=O) groups is 1. The first-order valence-corrected chi connectivity index (χ1v) is 9.46. The molecule has 2 rings (SSSR count). The molecule has 1 saturated heterocycles. The predicted molar refractivity (Wildman–Crippen MR) is 85.8 cm³/mol. The minimum atomic E-state index is -3.48. The van der Waals surface area contributed by atoms with Gasteiger partial charge in [0.2, 0.25) is 0 Å². The van der Waals surface area contributed by atoms with Crippen molar-refractivity contribution in [3.8, 4) is 0 Å². The van der Waals surface area contributed by atoms with Gasteiger partial charge in [0.15, 0.2) is 0 Å². The maximum absolute atomic E-state index is 12.0. The molecule has 0 bridgehead atoms. The topological polar surface area (TPSA) is 75.7 Å². The summed E-state index contributed by atoms with van der Waals surface area (Å²) in [4.78, 5) is 12.4. The fourth-order valence-corrected chi connectivity index (χ4v) is 4.23. The zero-order valence-electron chi connectivity index (χ0n) is 12.4. The molecule has 1 aromatic carbocycles. The fourth-order valence-electron chi connectivity index (χ4n) is 2.02. The molecule has 6 nitrogen and oxygen atoms in total. The molecule has 1 aliphatic heterocycles. The number of hydrogen-bond acceptors (Lipinski definition) is 5. The first-order valence-electron chi connectivity index (χ1n) is 7.03. The summed E-state index contributed by atoms with van der Waals surface area (Å²) in [6.07, 6.45) is 0.743. The van der Waals surface area contributed by atoms with Crippen LogP contribution in [0, 0.1) is 5.92 Å². The SMILES string of the molecule is COC(=O)C1CN(S(=O)(=O)NCCCSc2ccccc2)C1. The van der Waals surface area contributed by atoms with Gasteiger partial charge < -0.3 is 4.74 Å². The van der Waals surface area contributed by atoms with Gasteiger partial charge in [0.05, 0.1) is 13.0 Å². The molecule has 0 atom stereocenters. The predicted octanol–water partition coefficient (Wildman–Crippen LogP) is 1.11. The normalized spacial score (nSPS) is 16.2. The van der Waals surface area contributed by atoms with E-state index >= 15 is 0 Å². The van der Waals surface area contributed by atoms with Crippen molar-refractivity contribution in [2.45, 2.75) is 11.3 Å². The van der Waals surface area contributed by atoms with Crippen LogP contribution in [0.3, 0.4) is 0 Å². The number of rotatable bonds is 8. The molecule has 0 amide bonds. The Morgan fingerprint density at radius 1 is 1.36 bits per heavy atom. The molecular weight excluding hydrogens is 324 g/mol. The minimum Gasteiger partial charge on any atom is -0.469 e. The third-order valence-electron chi connectivity index (χ3n) is 3.34. The standard InChI is InChI=1S/C14H20N2O4S2/c1-20-14(17)12-10-16(11-12)22(18,19)15-8-5-9-21-13-6-3-2-4-7-13/h2-4,6-7,12,15H,5,8-11H2,1H3. The highest BCUT2D eigenvalue weighted by Crippen LogP contribution is 2.20. The Labute approximate surface area is 135 Å². The van der Waals surface area contributed by atoms with Crippen LogP contribution >= 0.6 is 11.8 Å². The molecule has 22 heavy (non-hydrogen) atoms. The second kappa shape index (κ2) is 7.96. The number of benzene rings is 1. The van der Waals surface area contributed by atoms with Gasteiger partial charge in [-0.25, -0.2) is 4.72 Å². The third-order valence-corrected chi connectivity index (χ3v) is 5.99. The number of esters is 1. The highest BCUT2D eigenvalue weighted by Gasteiger charge is 2.40. The first-order chi connectivity index (χ1) is 10.5. The van der Waals surface area contributed by atoms with Gasteiger partial charge in [-0.3, -0.25) is 4.79 Å². The number of ether oxygens (including phenoxy) is 1. The van der Waals surface area contributed by atoms with Crippen LogP contribution in [0.25, 0.3) is 0 Å². The quantitative estimate of drug-likeness (QED) is 0.434. The van der Waals surface area contributed by atoms with Crippen LogP contribution in [0.1, 0.15) is 6.42 Å². The van der Waals surface area contributed by atoms with E-state index in [2.05, 4.69) is 9.46 Å². The highest BCUT2D eigenvalue weighted by molar-refractivity contribution is 7.99. The van der Waals surface area contributed by atoms with E-state index < -0.39 is 10.2 Å². The fraction of sp³-hybridized carbons (Fsp3) is 0.500. The van der Waals surface area contributed by atoms with Crippen LogP contribution < -0.4 is 4.72 Å². The molecule has 122 valence electrons. The lowest BCUT2D eigenvalue weighted by Gasteiger charge is -2.35. The zero-order valence-corrected chi connectivity index (χ0v) is 14.0. The molecular formula is C14H20N2O4S2. The van der Waals surface area contributed by atoms with Gasteiger partial charge in [-0.1, -0.05) is 18.2 Å². The Morgan fingerprint density at radius 2 is 2.05 bits per heavy atom. The highest BCUT2D eigenvalue weighted by atomic mass is 32.2. The zero-order chi connectivity index (χ0) is 16.0. The summed E-state index contributed by atoms with van der Waals surface area (Å²) in [7, 11) is -2.17. The Balaban J connectivity index is 1.63. The summed E-state index contributed by atoms with van der Waals surface area (Å²) >= 11 is 1.70. The monoisotopic (exact) mass is 344 g/mol. The Hall–Kier alpha value is -1.09. The van der Waals surface area contributed by atoms with Crippen molar-refractivity contribution in [2.75, 3.05) is 32.5 Å². The van der Waals surface area contributed by atoms with E-state index in [1.165, 1.54) is 16.3 Å². The van der Waals surface area contributed by atoms with Gasteiger partial charge in [-0.05, 0) is 24.3 Å². The van der Waals surface area contributed by atoms with Crippen LogP contribution in [-0.2, 0) is 19.7 Å². The van der Waals surface area contributed by atoms with E-state index in [0.717, 1.165) is 12.2 Å². The van der Waals surface area contributed by atoms with Crippen molar-refractivity contribution in [1.29, 1.82) is 0 Å². The van der Waals surface area contributed by atoms with Crippen molar-refractivity contribution in [2.24, 2.45) is 5.92 Å². The maximum Gasteiger partial charge on any atom is 0.311 e. The van der Waals surface area contributed by atoms with Gasteiger partial charge in [0.1, 0.15) is 0 Å². The number of carbonyl (C=O) groups excluding carboxylic acids is 1. The van der Waals surface area contributed by atoms with Gasteiger partial charge >= 0.3 is 5.97 Å². The lowest BCUT2D eigenvalue weighted by Crippen LogP contribution is -2.56. The van der Waals surface area contributed by atoms with E-state index in [9.17, 15) is 13.2 Å². The summed E-state index contributed by atoms with van der Waals surface area (Å²) in [6.45, 7) is 0.781. The molecule has 0 aliphatic carbocycles. The van der Waals surface area contributed by atoms with Crippen molar-refractivity contribution < 1.29 is 17.9 Å². The van der Waals surface area contributed by atoms with Gasteiger partial charge in [0, 0.05) is 24.5 Å². The van der Waals surface area contributed by atoms with Crippen LogP contribution in [0.4, 0.5) is 0 Å². The average Bonchev–Trinajstić information content (AvgIpc) is 2.45.